The van der Waals surface area contributed by atoms with E-state index in [1.807, 2.05) is 17.0 Å². The van der Waals surface area contributed by atoms with Gasteiger partial charge in [-0.1, -0.05) is 13.8 Å². The van der Waals surface area contributed by atoms with Crippen LogP contribution in [0.25, 0.3) is 0 Å². The summed E-state index contributed by atoms with van der Waals surface area (Å²) in [5.41, 5.74) is 1.53. The van der Waals surface area contributed by atoms with Gasteiger partial charge in [0.05, 0.1) is 0 Å². The zero-order valence-corrected chi connectivity index (χ0v) is 14.3. The van der Waals surface area contributed by atoms with Gasteiger partial charge in [0.25, 0.3) is 5.91 Å². The summed E-state index contributed by atoms with van der Waals surface area (Å²) in [5, 5.41) is 7.18. The molecule has 7 nitrogen and oxygen atoms in total. The first-order valence-electron chi connectivity index (χ1n) is 8.49. The summed E-state index contributed by atoms with van der Waals surface area (Å²) in [6, 6.07) is 3.69. The molecular weight excluding hydrogens is 304 g/mol. The molecule has 1 aliphatic rings. The second kappa shape index (κ2) is 7.42. The fraction of sp³-hybridized carbons (Fsp3) is 0.529. The molecule has 1 N–H and O–H groups in total. The molecule has 0 unspecified atom stereocenters. The largest absolute Gasteiger partial charge is 0.339 e. The Kier molecular flexibility index (Phi) is 5.08. The topological polar surface area (TPSA) is 78.0 Å². The molecule has 2 aromatic heterocycles. The van der Waals surface area contributed by atoms with Gasteiger partial charge < -0.3 is 9.80 Å². The second-order valence-corrected chi connectivity index (χ2v) is 6.56. The van der Waals surface area contributed by atoms with Crippen LogP contribution < -0.4 is 4.90 Å². The molecule has 0 saturated carbocycles. The van der Waals surface area contributed by atoms with E-state index in [0.717, 1.165) is 44.1 Å². The molecule has 1 amide bonds. The molecule has 0 spiro atoms. The number of amides is 1. The molecule has 7 heteroatoms. The number of rotatable bonds is 4. The molecule has 1 saturated heterocycles. The van der Waals surface area contributed by atoms with Gasteiger partial charge in [-0.15, -0.1) is 0 Å². The number of aromatic nitrogens is 4. The van der Waals surface area contributed by atoms with E-state index in [1.54, 1.807) is 12.4 Å². The van der Waals surface area contributed by atoms with Crippen molar-refractivity contribution < 1.29 is 4.79 Å². The van der Waals surface area contributed by atoms with E-state index >= 15 is 0 Å². The number of H-pyrrole nitrogens is 1. The highest BCUT2D eigenvalue weighted by Crippen LogP contribution is 2.13. The number of carbonyl (C=O) groups excluding carboxylic acids is 1. The maximum atomic E-state index is 12.7. The molecule has 1 fully saturated rings. The van der Waals surface area contributed by atoms with Crippen molar-refractivity contribution in [1.29, 1.82) is 0 Å². The molecule has 0 atom stereocenters. The minimum Gasteiger partial charge on any atom is -0.339 e. The van der Waals surface area contributed by atoms with Gasteiger partial charge in [-0.3, -0.25) is 9.89 Å². The molecule has 0 aromatic carbocycles. The summed E-state index contributed by atoms with van der Waals surface area (Å²) < 4.78 is 0. The number of nitrogens with one attached hydrogen (secondary N) is 1. The van der Waals surface area contributed by atoms with Crippen LogP contribution in [-0.4, -0.2) is 57.2 Å². The van der Waals surface area contributed by atoms with Gasteiger partial charge in [0, 0.05) is 44.3 Å². The van der Waals surface area contributed by atoms with E-state index in [1.165, 1.54) is 0 Å². The van der Waals surface area contributed by atoms with E-state index in [0.29, 0.717) is 18.2 Å². The fourth-order valence-corrected chi connectivity index (χ4v) is 2.95. The first-order chi connectivity index (χ1) is 11.6. The van der Waals surface area contributed by atoms with Crippen LogP contribution in [0, 0.1) is 5.92 Å². The monoisotopic (exact) mass is 328 g/mol. The summed E-state index contributed by atoms with van der Waals surface area (Å²) in [6.45, 7) is 7.28. The lowest BCUT2D eigenvalue weighted by atomic mass is 10.1. The SMILES string of the molecule is CC(C)Cc1cc(C(=O)N2CCCN(c3ncccn3)CC2)n[nH]1. The van der Waals surface area contributed by atoms with E-state index in [4.69, 9.17) is 0 Å². The maximum Gasteiger partial charge on any atom is 0.274 e. The summed E-state index contributed by atoms with van der Waals surface area (Å²) >= 11 is 0. The van der Waals surface area contributed by atoms with Crippen LogP contribution in [0.5, 0.6) is 0 Å². The molecule has 0 bridgehead atoms. The molecule has 1 aliphatic heterocycles. The Hall–Kier alpha value is -2.44. The van der Waals surface area contributed by atoms with Crippen molar-refractivity contribution in [3.05, 3.63) is 35.9 Å². The average molecular weight is 328 g/mol. The van der Waals surface area contributed by atoms with Gasteiger partial charge in [-0.05, 0) is 30.9 Å². The van der Waals surface area contributed by atoms with E-state index < -0.39 is 0 Å². The number of anilines is 1. The van der Waals surface area contributed by atoms with Gasteiger partial charge in [-0.25, -0.2) is 9.97 Å². The third-order valence-corrected chi connectivity index (χ3v) is 4.10. The van der Waals surface area contributed by atoms with E-state index in [2.05, 4.69) is 38.9 Å². The fourth-order valence-electron chi connectivity index (χ4n) is 2.95. The zero-order chi connectivity index (χ0) is 16.9. The van der Waals surface area contributed by atoms with Crippen LogP contribution in [0.15, 0.2) is 24.5 Å². The Balaban J connectivity index is 1.63. The third-order valence-electron chi connectivity index (χ3n) is 4.10. The standard InChI is InChI=1S/C17H24N6O/c1-13(2)11-14-12-15(21-20-14)16(24)22-7-4-8-23(10-9-22)17-18-5-3-6-19-17/h3,5-6,12-13H,4,7-11H2,1-2H3,(H,20,21). The van der Waals surface area contributed by atoms with Gasteiger partial charge in [-0.2, -0.15) is 5.10 Å². The number of aromatic amines is 1. The predicted octanol–water partition coefficient (Wildman–Crippen LogP) is 1.75. The van der Waals surface area contributed by atoms with Crippen LogP contribution in [0.4, 0.5) is 5.95 Å². The van der Waals surface area contributed by atoms with Gasteiger partial charge >= 0.3 is 0 Å². The predicted molar refractivity (Wildman–Crippen MR) is 91.9 cm³/mol. The Morgan fingerprint density at radius 2 is 2.00 bits per heavy atom. The van der Waals surface area contributed by atoms with Crippen molar-refractivity contribution >= 4 is 11.9 Å². The van der Waals surface area contributed by atoms with Crippen molar-refractivity contribution in [1.82, 2.24) is 25.1 Å². The van der Waals surface area contributed by atoms with Crippen LogP contribution in [0.3, 0.4) is 0 Å². The van der Waals surface area contributed by atoms with Crippen molar-refractivity contribution in [3.8, 4) is 0 Å². The van der Waals surface area contributed by atoms with Crippen LogP contribution in [0.1, 0.15) is 36.5 Å². The minimum atomic E-state index is -0.00270. The summed E-state index contributed by atoms with van der Waals surface area (Å²) in [5.74, 6) is 1.26. The number of hydrogen-bond acceptors (Lipinski definition) is 5. The molecular formula is C17H24N6O. The lowest BCUT2D eigenvalue weighted by molar-refractivity contribution is 0.0761. The number of carbonyl (C=O) groups is 1. The van der Waals surface area contributed by atoms with Crippen LogP contribution in [-0.2, 0) is 6.42 Å². The van der Waals surface area contributed by atoms with Crippen LogP contribution in [0.2, 0.25) is 0 Å². The minimum absolute atomic E-state index is 0.00270. The van der Waals surface area contributed by atoms with Crippen molar-refractivity contribution in [2.75, 3.05) is 31.1 Å². The highest BCUT2D eigenvalue weighted by molar-refractivity contribution is 5.92. The van der Waals surface area contributed by atoms with Crippen molar-refractivity contribution in [3.63, 3.8) is 0 Å². The molecule has 24 heavy (non-hydrogen) atoms. The Morgan fingerprint density at radius 1 is 1.21 bits per heavy atom. The number of hydrogen-bond donors (Lipinski definition) is 1. The number of nitrogens with zero attached hydrogens (tertiary/aromatic N) is 5. The molecule has 0 radical (unpaired) electrons. The normalized spacial score (nSPS) is 15.6. The van der Waals surface area contributed by atoms with Gasteiger partial charge in [0.1, 0.15) is 5.69 Å². The average Bonchev–Trinajstić information content (AvgIpc) is 2.90. The zero-order valence-electron chi connectivity index (χ0n) is 14.3. The molecule has 3 rings (SSSR count). The third kappa shape index (κ3) is 3.90. The first kappa shape index (κ1) is 16.4. The highest BCUT2D eigenvalue weighted by Gasteiger charge is 2.23. The Labute approximate surface area is 142 Å². The van der Waals surface area contributed by atoms with Crippen molar-refractivity contribution in [2.24, 2.45) is 5.92 Å². The van der Waals surface area contributed by atoms with Gasteiger partial charge in [0.2, 0.25) is 5.95 Å². The molecule has 2 aromatic rings. The molecule has 3 heterocycles. The lowest BCUT2D eigenvalue weighted by Gasteiger charge is -2.21. The first-order valence-corrected chi connectivity index (χ1v) is 8.49. The second-order valence-electron chi connectivity index (χ2n) is 6.56. The molecule has 128 valence electrons. The lowest BCUT2D eigenvalue weighted by Crippen LogP contribution is -2.35. The van der Waals surface area contributed by atoms with Crippen molar-refractivity contribution in [2.45, 2.75) is 26.7 Å². The summed E-state index contributed by atoms with van der Waals surface area (Å²) in [6.07, 6.45) is 5.29. The molecule has 0 aliphatic carbocycles. The van der Waals surface area contributed by atoms with Crippen LogP contribution >= 0.6 is 0 Å². The summed E-state index contributed by atoms with van der Waals surface area (Å²) in [4.78, 5) is 25.3. The smallest absolute Gasteiger partial charge is 0.274 e. The maximum absolute atomic E-state index is 12.7. The highest BCUT2D eigenvalue weighted by atomic mass is 16.2. The quantitative estimate of drug-likeness (QED) is 0.925. The Morgan fingerprint density at radius 3 is 2.75 bits per heavy atom. The Bertz CT molecular complexity index is 669. The summed E-state index contributed by atoms with van der Waals surface area (Å²) in [7, 11) is 0. The van der Waals surface area contributed by atoms with Gasteiger partial charge in [0.15, 0.2) is 0 Å². The van der Waals surface area contributed by atoms with E-state index in [9.17, 15) is 4.79 Å². The van der Waals surface area contributed by atoms with E-state index in [-0.39, 0.29) is 5.91 Å².